The summed E-state index contributed by atoms with van der Waals surface area (Å²) in [6.45, 7) is 4.22. The molecule has 0 atom stereocenters. The van der Waals surface area contributed by atoms with Crippen molar-refractivity contribution >= 4 is 5.91 Å². The minimum absolute atomic E-state index is 0.0917. The quantitative estimate of drug-likeness (QED) is 0.841. The predicted molar refractivity (Wildman–Crippen MR) is 87.5 cm³/mol. The summed E-state index contributed by atoms with van der Waals surface area (Å²) < 4.78 is 5.41. The van der Waals surface area contributed by atoms with Crippen LogP contribution in [0.15, 0.2) is 4.52 Å². The van der Waals surface area contributed by atoms with Gasteiger partial charge in [0.2, 0.25) is 0 Å². The third kappa shape index (κ3) is 3.03. The summed E-state index contributed by atoms with van der Waals surface area (Å²) in [5.74, 6) is 1.04. The molecule has 0 radical (unpaired) electrons. The van der Waals surface area contributed by atoms with Crippen LogP contribution in [-0.4, -0.2) is 53.1 Å². The molecule has 2 aliphatic heterocycles. The summed E-state index contributed by atoms with van der Waals surface area (Å²) in [6, 6.07) is 0.672. The smallest absolute Gasteiger partial charge is 0.276 e. The zero-order chi connectivity index (χ0) is 15.6. The zero-order valence-corrected chi connectivity index (χ0v) is 13.9. The Morgan fingerprint density at radius 3 is 2.48 bits per heavy atom. The van der Waals surface area contributed by atoms with E-state index in [0.29, 0.717) is 11.7 Å². The van der Waals surface area contributed by atoms with Gasteiger partial charge in [0.25, 0.3) is 5.91 Å². The fourth-order valence-corrected chi connectivity index (χ4v) is 4.42. The van der Waals surface area contributed by atoms with Crippen molar-refractivity contribution < 1.29 is 9.32 Å². The van der Waals surface area contributed by atoms with Crippen LogP contribution in [-0.2, 0) is 12.8 Å². The Morgan fingerprint density at radius 1 is 0.957 bits per heavy atom. The van der Waals surface area contributed by atoms with E-state index in [4.69, 9.17) is 4.52 Å². The van der Waals surface area contributed by atoms with Crippen LogP contribution in [0.25, 0.3) is 0 Å². The van der Waals surface area contributed by atoms with Gasteiger partial charge in [-0.1, -0.05) is 11.6 Å². The molecule has 1 aromatic heterocycles. The third-order valence-corrected chi connectivity index (χ3v) is 5.81. The molecule has 1 aromatic rings. The van der Waals surface area contributed by atoms with Crippen molar-refractivity contribution in [3.63, 3.8) is 0 Å². The second kappa shape index (κ2) is 6.63. The van der Waals surface area contributed by atoms with Crippen LogP contribution < -0.4 is 0 Å². The lowest BCUT2D eigenvalue weighted by Crippen LogP contribution is -2.48. The maximum Gasteiger partial charge on any atom is 0.276 e. The lowest BCUT2D eigenvalue weighted by Gasteiger charge is -2.40. The summed E-state index contributed by atoms with van der Waals surface area (Å²) in [7, 11) is 0. The third-order valence-electron chi connectivity index (χ3n) is 5.81. The number of hydrogen-bond acceptors (Lipinski definition) is 4. The average Bonchev–Trinajstić information content (AvgIpc) is 3.06. The molecule has 0 aromatic carbocycles. The Kier molecular flexibility index (Phi) is 4.38. The van der Waals surface area contributed by atoms with Gasteiger partial charge in [-0.15, -0.1) is 0 Å². The molecule has 0 bridgehead atoms. The van der Waals surface area contributed by atoms with Crippen LogP contribution >= 0.6 is 0 Å². The summed E-state index contributed by atoms with van der Waals surface area (Å²) >= 11 is 0. The highest BCUT2D eigenvalue weighted by Gasteiger charge is 2.31. The molecule has 2 fully saturated rings. The topological polar surface area (TPSA) is 49.6 Å². The van der Waals surface area contributed by atoms with Crippen molar-refractivity contribution in [2.45, 2.75) is 63.8 Å². The van der Waals surface area contributed by atoms with Gasteiger partial charge in [0.15, 0.2) is 5.69 Å². The molecule has 126 valence electrons. The van der Waals surface area contributed by atoms with Crippen molar-refractivity contribution in [1.82, 2.24) is 15.0 Å². The minimum atomic E-state index is 0.0917. The first kappa shape index (κ1) is 15.2. The van der Waals surface area contributed by atoms with Crippen LogP contribution in [0.2, 0.25) is 0 Å². The standard InChI is InChI=1S/C18H27N3O2/c22-18(17-15-6-2-3-7-16(15)23-19-17)21-12-8-14(9-13-21)20-10-4-1-5-11-20/h14H,1-13H2. The molecule has 3 heterocycles. The van der Waals surface area contributed by atoms with Crippen LogP contribution in [0.5, 0.6) is 0 Å². The van der Waals surface area contributed by atoms with E-state index >= 15 is 0 Å². The van der Waals surface area contributed by atoms with Crippen molar-refractivity contribution in [1.29, 1.82) is 0 Å². The molecular formula is C18H27N3O2. The van der Waals surface area contributed by atoms with Gasteiger partial charge >= 0.3 is 0 Å². The number of piperidine rings is 2. The largest absolute Gasteiger partial charge is 0.360 e. The van der Waals surface area contributed by atoms with Gasteiger partial charge in [-0.3, -0.25) is 4.79 Å². The molecule has 2 saturated heterocycles. The van der Waals surface area contributed by atoms with Gasteiger partial charge in [0.1, 0.15) is 5.76 Å². The normalized spacial score (nSPS) is 23.7. The number of rotatable bonds is 2. The van der Waals surface area contributed by atoms with Crippen LogP contribution in [0.1, 0.15) is 66.8 Å². The first-order valence-corrected chi connectivity index (χ1v) is 9.33. The molecule has 0 N–H and O–H groups in total. The number of aryl methyl sites for hydroxylation is 1. The molecule has 0 unspecified atom stereocenters. The highest BCUT2D eigenvalue weighted by molar-refractivity contribution is 5.94. The molecule has 5 heteroatoms. The van der Waals surface area contributed by atoms with Gasteiger partial charge in [-0.2, -0.15) is 0 Å². The predicted octanol–water partition coefficient (Wildman–Crippen LogP) is 2.64. The number of fused-ring (bicyclic) bond motifs is 1. The first-order chi connectivity index (χ1) is 11.3. The molecule has 0 spiro atoms. The molecular weight excluding hydrogens is 290 g/mol. The Bertz CT molecular complexity index is 555. The monoisotopic (exact) mass is 317 g/mol. The summed E-state index contributed by atoms with van der Waals surface area (Å²) in [6.07, 6.45) is 10.4. The number of hydrogen-bond donors (Lipinski definition) is 0. The van der Waals surface area contributed by atoms with Crippen molar-refractivity contribution in [3.05, 3.63) is 17.0 Å². The SMILES string of the molecule is O=C(c1noc2c1CCCC2)N1CCC(N2CCCCC2)CC1. The number of carbonyl (C=O) groups is 1. The maximum absolute atomic E-state index is 12.8. The second-order valence-corrected chi connectivity index (χ2v) is 7.26. The second-order valence-electron chi connectivity index (χ2n) is 7.26. The van der Waals surface area contributed by atoms with Crippen LogP contribution in [0.3, 0.4) is 0 Å². The van der Waals surface area contributed by atoms with E-state index in [-0.39, 0.29) is 5.91 Å². The van der Waals surface area contributed by atoms with Crippen molar-refractivity contribution in [3.8, 4) is 0 Å². The zero-order valence-electron chi connectivity index (χ0n) is 13.9. The fraction of sp³-hybridized carbons (Fsp3) is 0.778. The average molecular weight is 317 g/mol. The fourth-order valence-electron chi connectivity index (χ4n) is 4.42. The maximum atomic E-state index is 12.8. The van der Waals surface area contributed by atoms with E-state index in [9.17, 15) is 4.79 Å². The Hall–Kier alpha value is -1.36. The van der Waals surface area contributed by atoms with Gasteiger partial charge in [-0.25, -0.2) is 0 Å². The lowest BCUT2D eigenvalue weighted by molar-refractivity contribution is 0.0580. The van der Waals surface area contributed by atoms with Gasteiger partial charge < -0.3 is 14.3 Å². The molecule has 4 rings (SSSR count). The number of carbonyl (C=O) groups excluding carboxylic acids is 1. The number of amides is 1. The van der Waals surface area contributed by atoms with Crippen LogP contribution in [0, 0.1) is 0 Å². The Balaban J connectivity index is 1.38. The molecule has 0 saturated carbocycles. The Morgan fingerprint density at radius 2 is 1.70 bits per heavy atom. The summed E-state index contributed by atoms with van der Waals surface area (Å²) in [4.78, 5) is 17.4. The van der Waals surface area contributed by atoms with Gasteiger partial charge in [0.05, 0.1) is 0 Å². The van der Waals surface area contributed by atoms with Crippen LogP contribution in [0.4, 0.5) is 0 Å². The number of nitrogens with zero attached hydrogens (tertiary/aromatic N) is 3. The summed E-state index contributed by atoms with van der Waals surface area (Å²) in [5.41, 5.74) is 1.68. The van der Waals surface area contributed by atoms with E-state index in [0.717, 1.165) is 62.9 Å². The highest BCUT2D eigenvalue weighted by Crippen LogP contribution is 2.27. The van der Waals surface area contributed by atoms with E-state index < -0.39 is 0 Å². The number of aromatic nitrogens is 1. The highest BCUT2D eigenvalue weighted by atomic mass is 16.5. The number of likely N-dealkylation sites (tertiary alicyclic amines) is 2. The molecule has 1 aliphatic carbocycles. The van der Waals surface area contributed by atoms with E-state index in [1.54, 1.807) is 0 Å². The molecule has 3 aliphatic rings. The molecule has 5 nitrogen and oxygen atoms in total. The van der Waals surface area contributed by atoms with E-state index in [1.165, 1.54) is 32.4 Å². The summed E-state index contributed by atoms with van der Waals surface area (Å²) in [5, 5.41) is 4.11. The Labute approximate surface area is 138 Å². The van der Waals surface area contributed by atoms with Crippen molar-refractivity contribution in [2.75, 3.05) is 26.2 Å². The lowest BCUT2D eigenvalue weighted by atomic mass is 9.95. The first-order valence-electron chi connectivity index (χ1n) is 9.33. The van der Waals surface area contributed by atoms with Gasteiger partial charge in [0, 0.05) is 31.1 Å². The van der Waals surface area contributed by atoms with Crippen molar-refractivity contribution in [2.24, 2.45) is 0 Å². The van der Waals surface area contributed by atoms with E-state index in [2.05, 4.69) is 10.1 Å². The van der Waals surface area contributed by atoms with E-state index in [1.807, 2.05) is 4.90 Å². The van der Waals surface area contributed by atoms with Gasteiger partial charge in [-0.05, 0) is 58.0 Å². The molecule has 23 heavy (non-hydrogen) atoms. The minimum Gasteiger partial charge on any atom is -0.360 e. The molecule has 1 amide bonds.